The maximum absolute atomic E-state index is 3.65. The zero-order valence-corrected chi connectivity index (χ0v) is 11.5. The van der Waals surface area contributed by atoms with Gasteiger partial charge in [-0.1, -0.05) is 25.5 Å². The molecule has 2 aromatic rings. The maximum atomic E-state index is 3.65. The minimum absolute atomic E-state index is 0.501. The van der Waals surface area contributed by atoms with Crippen molar-refractivity contribution in [3.05, 3.63) is 35.0 Å². The molecule has 96 valence electrons. The van der Waals surface area contributed by atoms with E-state index in [0.29, 0.717) is 6.04 Å². The van der Waals surface area contributed by atoms with Crippen LogP contribution >= 0.6 is 0 Å². The van der Waals surface area contributed by atoms with Crippen molar-refractivity contribution in [3.63, 3.8) is 0 Å². The number of hydrogen-bond donors (Lipinski definition) is 2. The average molecular weight is 242 g/mol. The molecule has 0 saturated carbocycles. The molecule has 18 heavy (non-hydrogen) atoms. The highest BCUT2D eigenvalue weighted by molar-refractivity contribution is 5.85. The molecule has 1 unspecified atom stereocenters. The SMILES string of the molecule is Cc1ccc2[nH]c3c(c2c1)CCNC3CC(C)C. The Balaban J connectivity index is 2.09. The second-order valence-corrected chi connectivity index (χ2v) is 5.95. The minimum atomic E-state index is 0.501. The van der Waals surface area contributed by atoms with Gasteiger partial charge < -0.3 is 10.3 Å². The molecular formula is C16H22N2. The molecule has 0 spiro atoms. The van der Waals surface area contributed by atoms with E-state index in [1.165, 1.54) is 34.1 Å². The number of benzene rings is 1. The van der Waals surface area contributed by atoms with E-state index in [1.54, 1.807) is 0 Å². The normalized spacial score (nSPS) is 19.4. The van der Waals surface area contributed by atoms with Gasteiger partial charge in [0.25, 0.3) is 0 Å². The topological polar surface area (TPSA) is 27.8 Å². The van der Waals surface area contributed by atoms with Gasteiger partial charge in [0.05, 0.1) is 0 Å². The van der Waals surface area contributed by atoms with Crippen molar-refractivity contribution in [1.82, 2.24) is 10.3 Å². The molecule has 0 radical (unpaired) electrons. The zero-order chi connectivity index (χ0) is 12.7. The lowest BCUT2D eigenvalue weighted by Crippen LogP contribution is -2.30. The first kappa shape index (κ1) is 11.8. The summed E-state index contributed by atoms with van der Waals surface area (Å²) in [4.78, 5) is 3.64. The molecule has 3 rings (SSSR count). The van der Waals surface area contributed by atoms with Gasteiger partial charge in [0.1, 0.15) is 0 Å². The van der Waals surface area contributed by atoms with Gasteiger partial charge in [0.15, 0.2) is 0 Å². The number of H-pyrrole nitrogens is 1. The zero-order valence-electron chi connectivity index (χ0n) is 11.5. The summed E-state index contributed by atoms with van der Waals surface area (Å²) in [6, 6.07) is 7.23. The van der Waals surface area contributed by atoms with E-state index in [4.69, 9.17) is 0 Å². The third-order valence-electron chi connectivity index (χ3n) is 3.92. The predicted octanol–water partition coefficient (Wildman–Crippen LogP) is 3.71. The fraction of sp³-hybridized carbons (Fsp3) is 0.500. The number of aromatic amines is 1. The van der Waals surface area contributed by atoms with Gasteiger partial charge >= 0.3 is 0 Å². The van der Waals surface area contributed by atoms with Crippen LogP contribution in [0, 0.1) is 12.8 Å². The van der Waals surface area contributed by atoms with Gasteiger partial charge in [-0.25, -0.2) is 0 Å². The Morgan fingerprint density at radius 1 is 1.33 bits per heavy atom. The van der Waals surface area contributed by atoms with Crippen molar-refractivity contribution >= 4 is 10.9 Å². The highest BCUT2D eigenvalue weighted by Crippen LogP contribution is 2.33. The number of fused-ring (bicyclic) bond motifs is 3. The summed E-state index contributed by atoms with van der Waals surface area (Å²) in [7, 11) is 0. The molecular weight excluding hydrogens is 220 g/mol. The Bertz CT molecular complexity index is 566. The standard InChI is InChI=1S/C16H22N2/c1-10(2)8-15-16-12(6-7-17-15)13-9-11(3)4-5-14(13)18-16/h4-5,9-10,15,17-18H,6-8H2,1-3H3. The van der Waals surface area contributed by atoms with Crippen LogP contribution in [0.2, 0.25) is 0 Å². The van der Waals surface area contributed by atoms with E-state index in [2.05, 4.69) is 49.3 Å². The third-order valence-corrected chi connectivity index (χ3v) is 3.92. The van der Waals surface area contributed by atoms with Crippen LogP contribution in [0.25, 0.3) is 10.9 Å². The molecule has 0 amide bonds. The van der Waals surface area contributed by atoms with E-state index >= 15 is 0 Å². The fourth-order valence-electron chi connectivity index (χ4n) is 3.10. The summed E-state index contributed by atoms with van der Waals surface area (Å²) in [6.07, 6.45) is 2.35. The summed E-state index contributed by atoms with van der Waals surface area (Å²) in [5, 5.41) is 5.08. The van der Waals surface area contributed by atoms with Crippen LogP contribution in [0.5, 0.6) is 0 Å². The Morgan fingerprint density at radius 3 is 2.94 bits per heavy atom. The van der Waals surface area contributed by atoms with Crippen molar-refractivity contribution in [2.24, 2.45) is 5.92 Å². The van der Waals surface area contributed by atoms with Gasteiger partial charge in [-0.15, -0.1) is 0 Å². The lowest BCUT2D eigenvalue weighted by molar-refractivity contribution is 0.409. The first-order chi connectivity index (χ1) is 8.65. The first-order valence-electron chi connectivity index (χ1n) is 6.99. The van der Waals surface area contributed by atoms with Gasteiger partial charge in [0.2, 0.25) is 0 Å². The van der Waals surface area contributed by atoms with Crippen molar-refractivity contribution in [2.45, 2.75) is 39.7 Å². The monoisotopic (exact) mass is 242 g/mol. The van der Waals surface area contributed by atoms with Crippen molar-refractivity contribution in [2.75, 3.05) is 6.54 Å². The number of hydrogen-bond acceptors (Lipinski definition) is 1. The second-order valence-electron chi connectivity index (χ2n) is 5.95. The average Bonchev–Trinajstić information content (AvgIpc) is 2.68. The van der Waals surface area contributed by atoms with E-state index in [-0.39, 0.29) is 0 Å². The van der Waals surface area contributed by atoms with Crippen molar-refractivity contribution < 1.29 is 0 Å². The summed E-state index contributed by atoms with van der Waals surface area (Å²) in [5.41, 5.74) is 5.61. The molecule has 1 atom stereocenters. The van der Waals surface area contributed by atoms with Crippen molar-refractivity contribution in [3.8, 4) is 0 Å². The van der Waals surface area contributed by atoms with Crippen LogP contribution in [0.4, 0.5) is 0 Å². The molecule has 0 fully saturated rings. The molecule has 1 aliphatic heterocycles. The smallest absolute Gasteiger partial charge is 0.0478 e. The highest BCUT2D eigenvalue weighted by Gasteiger charge is 2.24. The molecule has 1 aromatic heterocycles. The van der Waals surface area contributed by atoms with Crippen LogP contribution in [-0.2, 0) is 6.42 Å². The molecule has 1 aliphatic rings. The summed E-state index contributed by atoms with van der Waals surface area (Å²) in [6.45, 7) is 7.86. The highest BCUT2D eigenvalue weighted by atomic mass is 15.0. The molecule has 0 aliphatic carbocycles. The van der Waals surface area contributed by atoms with Crippen molar-refractivity contribution in [1.29, 1.82) is 0 Å². The maximum Gasteiger partial charge on any atom is 0.0478 e. The van der Waals surface area contributed by atoms with E-state index in [9.17, 15) is 0 Å². The quantitative estimate of drug-likeness (QED) is 0.825. The molecule has 1 aromatic carbocycles. The fourth-order valence-corrected chi connectivity index (χ4v) is 3.10. The Morgan fingerprint density at radius 2 is 2.17 bits per heavy atom. The van der Waals surface area contributed by atoms with Crippen LogP contribution in [-0.4, -0.2) is 11.5 Å². The molecule has 2 heteroatoms. The van der Waals surface area contributed by atoms with E-state index in [1.807, 2.05) is 0 Å². The lowest BCUT2D eigenvalue weighted by atomic mass is 9.93. The van der Waals surface area contributed by atoms with Gasteiger partial charge in [0, 0.05) is 22.6 Å². The second kappa shape index (κ2) is 4.43. The number of aromatic nitrogens is 1. The van der Waals surface area contributed by atoms with Gasteiger partial charge in [-0.2, -0.15) is 0 Å². The summed E-state index contributed by atoms with van der Waals surface area (Å²) < 4.78 is 0. The molecule has 0 saturated heterocycles. The summed E-state index contributed by atoms with van der Waals surface area (Å²) in [5.74, 6) is 0.724. The Labute approximate surface area is 109 Å². The lowest BCUT2D eigenvalue weighted by Gasteiger charge is -2.25. The Hall–Kier alpha value is -1.28. The van der Waals surface area contributed by atoms with Crippen LogP contribution in [0.3, 0.4) is 0 Å². The largest absolute Gasteiger partial charge is 0.357 e. The molecule has 2 N–H and O–H groups in total. The van der Waals surface area contributed by atoms with Gasteiger partial charge in [-0.05, 0) is 49.9 Å². The number of aryl methyl sites for hydroxylation is 1. The van der Waals surface area contributed by atoms with E-state index in [0.717, 1.165) is 18.9 Å². The number of rotatable bonds is 2. The summed E-state index contributed by atoms with van der Waals surface area (Å²) >= 11 is 0. The molecule has 0 bridgehead atoms. The van der Waals surface area contributed by atoms with Crippen LogP contribution < -0.4 is 5.32 Å². The Kier molecular flexibility index (Phi) is 2.90. The number of nitrogens with one attached hydrogen (secondary N) is 2. The third kappa shape index (κ3) is 1.95. The van der Waals surface area contributed by atoms with Gasteiger partial charge in [-0.3, -0.25) is 0 Å². The first-order valence-corrected chi connectivity index (χ1v) is 6.99. The van der Waals surface area contributed by atoms with Crippen LogP contribution in [0.15, 0.2) is 18.2 Å². The molecule has 2 nitrogen and oxygen atoms in total. The predicted molar refractivity (Wildman–Crippen MR) is 76.9 cm³/mol. The minimum Gasteiger partial charge on any atom is -0.357 e. The van der Waals surface area contributed by atoms with Crippen LogP contribution in [0.1, 0.15) is 43.1 Å². The van der Waals surface area contributed by atoms with E-state index < -0.39 is 0 Å². The molecule has 2 heterocycles.